The van der Waals surface area contributed by atoms with Gasteiger partial charge in [-0.15, -0.1) is 11.8 Å². The van der Waals surface area contributed by atoms with E-state index in [0.717, 1.165) is 30.3 Å². The van der Waals surface area contributed by atoms with Crippen LogP contribution in [0.5, 0.6) is 5.75 Å². The van der Waals surface area contributed by atoms with Crippen LogP contribution in [0.25, 0.3) is 0 Å². The molecule has 0 spiro atoms. The molecule has 0 radical (unpaired) electrons. The summed E-state index contributed by atoms with van der Waals surface area (Å²) < 4.78 is 6.03. The number of rotatable bonds is 5. The minimum Gasteiger partial charge on any atom is -0.489 e. The number of amides is 1. The molecule has 4 nitrogen and oxygen atoms in total. The first-order chi connectivity index (χ1) is 12.5. The van der Waals surface area contributed by atoms with E-state index in [-0.39, 0.29) is 12.0 Å². The fraction of sp³-hybridized carbons (Fsp3) is 0.381. The van der Waals surface area contributed by atoms with E-state index in [1.807, 2.05) is 30.5 Å². The molecule has 0 fully saturated rings. The van der Waals surface area contributed by atoms with E-state index < -0.39 is 0 Å². The Morgan fingerprint density at radius 3 is 2.77 bits per heavy atom. The van der Waals surface area contributed by atoms with Crippen LogP contribution in [0, 0.1) is 6.92 Å². The number of nitrogens with one attached hydrogen (secondary N) is 1. The second-order valence-corrected chi connectivity index (χ2v) is 7.64. The van der Waals surface area contributed by atoms with E-state index in [1.54, 1.807) is 11.8 Å². The Hall–Kier alpha value is -1.98. The fourth-order valence-corrected chi connectivity index (χ4v) is 3.62. The number of carbonyl (C=O) groups is 1. The molecule has 2 aromatic carbocycles. The van der Waals surface area contributed by atoms with Crippen molar-refractivity contribution in [3.05, 3.63) is 59.2 Å². The third-order valence-corrected chi connectivity index (χ3v) is 5.26. The van der Waals surface area contributed by atoms with E-state index in [4.69, 9.17) is 4.74 Å². The van der Waals surface area contributed by atoms with Crippen molar-refractivity contribution in [2.45, 2.75) is 31.4 Å². The van der Waals surface area contributed by atoms with Crippen molar-refractivity contribution in [3.8, 4) is 5.75 Å². The Labute approximate surface area is 159 Å². The van der Waals surface area contributed by atoms with Crippen LogP contribution in [0.3, 0.4) is 0 Å². The first-order valence-electron chi connectivity index (χ1n) is 8.96. The Morgan fingerprint density at radius 2 is 2.04 bits per heavy atom. The lowest BCUT2D eigenvalue weighted by atomic mass is 10.1. The summed E-state index contributed by atoms with van der Waals surface area (Å²) in [4.78, 5) is 15.8. The first kappa shape index (κ1) is 18.8. The van der Waals surface area contributed by atoms with Crippen molar-refractivity contribution in [2.75, 3.05) is 25.9 Å². The molecule has 1 atom stereocenters. The smallest absolute Gasteiger partial charge is 0.251 e. The van der Waals surface area contributed by atoms with Crippen molar-refractivity contribution < 1.29 is 9.53 Å². The van der Waals surface area contributed by atoms with Crippen LogP contribution in [-0.2, 0) is 6.54 Å². The molecule has 138 valence electrons. The molecule has 2 aromatic rings. The zero-order chi connectivity index (χ0) is 18.5. The normalized spacial score (nSPS) is 17.1. The third-order valence-electron chi connectivity index (χ3n) is 4.52. The molecule has 5 heteroatoms. The van der Waals surface area contributed by atoms with E-state index in [9.17, 15) is 4.79 Å². The fourth-order valence-electron chi connectivity index (χ4n) is 3.21. The highest BCUT2D eigenvalue weighted by Gasteiger charge is 2.20. The lowest BCUT2D eigenvalue weighted by Gasteiger charge is -2.22. The number of nitrogens with zero attached hydrogens (tertiary/aromatic N) is 1. The molecule has 0 saturated heterocycles. The molecule has 1 unspecified atom stereocenters. The first-order valence-corrected chi connectivity index (χ1v) is 10.2. The van der Waals surface area contributed by atoms with Gasteiger partial charge < -0.3 is 10.1 Å². The molecule has 1 heterocycles. The molecule has 1 N–H and O–H groups in total. The van der Waals surface area contributed by atoms with Gasteiger partial charge in [0.15, 0.2) is 0 Å². The third kappa shape index (κ3) is 4.80. The Bertz CT molecular complexity index is 761. The summed E-state index contributed by atoms with van der Waals surface area (Å²) in [7, 11) is 0. The number of aryl methyl sites for hydroxylation is 1. The highest BCUT2D eigenvalue weighted by atomic mass is 32.2. The molecule has 1 aliphatic heterocycles. The van der Waals surface area contributed by atoms with Crippen molar-refractivity contribution >= 4 is 17.7 Å². The van der Waals surface area contributed by atoms with Crippen LogP contribution in [0.4, 0.5) is 0 Å². The number of hydrogen-bond acceptors (Lipinski definition) is 4. The number of carbonyl (C=O) groups excluding carboxylic acids is 1. The molecule has 0 bridgehead atoms. The summed E-state index contributed by atoms with van der Waals surface area (Å²) in [6.07, 6.45) is 2.16. The predicted octanol–water partition coefficient (Wildman–Crippen LogP) is 3.73. The van der Waals surface area contributed by atoms with Crippen molar-refractivity contribution in [1.82, 2.24) is 10.2 Å². The number of benzene rings is 2. The Kier molecular flexibility index (Phi) is 6.22. The summed E-state index contributed by atoms with van der Waals surface area (Å²) in [5, 5.41) is 3.03. The monoisotopic (exact) mass is 370 g/mol. The van der Waals surface area contributed by atoms with Crippen LogP contribution in [0.1, 0.15) is 28.4 Å². The van der Waals surface area contributed by atoms with Crippen LogP contribution >= 0.6 is 11.8 Å². The lowest BCUT2D eigenvalue weighted by molar-refractivity contribution is 0.0944. The summed E-state index contributed by atoms with van der Waals surface area (Å²) in [5.74, 6) is 0.955. The van der Waals surface area contributed by atoms with Gasteiger partial charge >= 0.3 is 0 Å². The van der Waals surface area contributed by atoms with Gasteiger partial charge in [0.05, 0.1) is 0 Å². The van der Waals surface area contributed by atoms with Crippen molar-refractivity contribution in [1.29, 1.82) is 0 Å². The predicted molar refractivity (Wildman–Crippen MR) is 107 cm³/mol. The molecular weight excluding hydrogens is 344 g/mol. The van der Waals surface area contributed by atoms with E-state index >= 15 is 0 Å². The molecule has 3 rings (SSSR count). The lowest BCUT2D eigenvalue weighted by Crippen LogP contribution is -2.37. The average molecular weight is 371 g/mol. The quantitative estimate of drug-likeness (QED) is 0.815. The highest BCUT2D eigenvalue weighted by Crippen LogP contribution is 2.26. The second-order valence-electron chi connectivity index (χ2n) is 6.76. The number of fused-ring (bicyclic) bond motifs is 1. The topological polar surface area (TPSA) is 41.6 Å². The highest BCUT2D eigenvalue weighted by molar-refractivity contribution is 7.98. The maximum absolute atomic E-state index is 12.3. The maximum Gasteiger partial charge on any atom is 0.251 e. The van der Waals surface area contributed by atoms with Gasteiger partial charge in [0.2, 0.25) is 0 Å². The standard InChI is InChI=1S/C21H26N2O2S/c1-15-4-9-20-18(12-15)14-23(13-16(2)25-20)11-10-22-21(24)17-5-7-19(26-3)8-6-17/h4-9,12,16H,10-11,13-14H2,1-3H3,(H,22,24). The van der Waals surface area contributed by atoms with Gasteiger partial charge in [-0.3, -0.25) is 9.69 Å². The molecular formula is C21H26N2O2S. The van der Waals surface area contributed by atoms with Gasteiger partial charge in [0, 0.05) is 42.2 Å². The summed E-state index contributed by atoms with van der Waals surface area (Å²) in [6, 6.07) is 14.0. The Balaban J connectivity index is 1.56. The summed E-state index contributed by atoms with van der Waals surface area (Å²) in [5.41, 5.74) is 3.16. The minimum absolute atomic E-state index is 0.0204. The van der Waals surface area contributed by atoms with E-state index in [2.05, 4.69) is 42.3 Å². The van der Waals surface area contributed by atoms with Crippen molar-refractivity contribution in [2.24, 2.45) is 0 Å². The molecule has 26 heavy (non-hydrogen) atoms. The van der Waals surface area contributed by atoms with Gasteiger partial charge in [0.1, 0.15) is 11.9 Å². The van der Waals surface area contributed by atoms with Gasteiger partial charge in [-0.25, -0.2) is 0 Å². The van der Waals surface area contributed by atoms with Gasteiger partial charge in [0.25, 0.3) is 5.91 Å². The van der Waals surface area contributed by atoms with E-state index in [0.29, 0.717) is 12.1 Å². The van der Waals surface area contributed by atoms with Crippen LogP contribution < -0.4 is 10.1 Å². The molecule has 0 aromatic heterocycles. The van der Waals surface area contributed by atoms with Gasteiger partial charge in [-0.1, -0.05) is 17.7 Å². The largest absolute Gasteiger partial charge is 0.489 e. The van der Waals surface area contributed by atoms with Gasteiger partial charge in [-0.05, 0) is 50.4 Å². The van der Waals surface area contributed by atoms with Crippen LogP contribution in [0.2, 0.25) is 0 Å². The summed E-state index contributed by atoms with van der Waals surface area (Å²) >= 11 is 1.67. The summed E-state index contributed by atoms with van der Waals surface area (Å²) in [6.45, 7) is 7.31. The minimum atomic E-state index is -0.0204. The molecule has 1 amide bonds. The molecule has 0 saturated carbocycles. The van der Waals surface area contributed by atoms with Gasteiger partial charge in [-0.2, -0.15) is 0 Å². The Morgan fingerprint density at radius 1 is 1.27 bits per heavy atom. The average Bonchev–Trinajstić information content (AvgIpc) is 2.79. The number of hydrogen-bond donors (Lipinski definition) is 1. The second kappa shape index (κ2) is 8.60. The maximum atomic E-state index is 12.3. The van der Waals surface area contributed by atoms with Crippen molar-refractivity contribution in [3.63, 3.8) is 0 Å². The van der Waals surface area contributed by atoms with Crippen LogP contribution in [-0.4, -0.2) is 42.8 Å². The molecule has 0 aliphatic carbocycles. The zero-order valence-electron chi connectivity index (χ0n) is 15.6. The van der Waals surface area contributed by atoms with E-state index in [1.165, 1.54) is 11.1 Å². The number of ether oxygens (including phenoxy) is 1. The SMILES string of the molecule is CSc1ccc(C(=O)NCCN2Cc3cc(C)ccc3OC(C)C2)cc1. The number of thioether (sulfide) groups is 1. The zero-order valence-corrected chi connectivity index (χ0v) is 16.4. The van der Waals surface area contributed by atoms with Crippen LogP contribution in [0.15, 0.2) is 47.4 Å². The molecule has 1 aliphatic rings.